The van der Waals surface area contributed by atoms with Gasteiger partial charge in [0.05, 0.1) is 19.3 Å². The zero-order valence-electron chi connectivity index (χ0n) is 22.4. The van der Waals surface area contributed by atoms with E-state index in [0.29, 0.717) is 5.56 Å². The fourth-order valence-corrected chi connectivity index (χ4v) is 6.48. The van der Waals surface area contributed by atoms with E-state index in [-0.39, 0.29) is 50.6 Å². The minimum Gasteiger partial charge on any atom is -0.506 e. The van der Waals surface area contributed by atoms with Crippen molar-refractivity contribution in [1.29, 1.82) is 0 Å². The third kappa shape index (κ3) is 2.86. The highest BCUT2D eigenvalue weighted by molar-refractivity contribution is 6.32. The number of ether oxygens (including phenoxy) is 2. The molecule has 42 heavy (non-hydrogen) atoms. The Hall–Kier alpha value is -5.23. The topological polar surface area (TPSA) is 181 Å². The molecule has 2 unspecified atom stereocenters. The van der Waals surface area contributed by atoms with Crippen LogP contribution in [0.2, 0.25) is 0 Å². The lowest BCUT2D eigenvalue weighted by Crippen LogP contribution is -2.60. The fourth-order valence-electron chi connectivity index (χ4n) is 6.48. The van der Waals surface area contributed by atoms with Gasteiger partial charge in [-0.2, -0.15) is 0 Å². The Kier molecular flexibility index (Phi) is 4.87. The number of hydrogen-bond acceptors (Lipinski definition) is 11. The molecular weight excluding hydrogens is 550 g/mol. The molecule has 212 valence electrons. The molecule has 4 aromatic rings. The number of carbonyl (C=O) groups is 4. The van der Waals surface area contributed by atoms with Crippen molar-refractivity contribution in [3.63, 3.8) is 0 Å². The van der Waals surface area contributed by atoms with Crippen LogP contribution in [0.4, 0.5) is 0 Å². The first-order valence-electron chi connectivity index (χ1n) is 12.8. The Morgan fingerprint density at radius 1 is 0.929 bits per heavy atom. The van der Waals surface area contributed by atoms with Crippen molar-refractivity contribution in [3.05, 3.63) is 74.1 Å². The largest absolute Gasteiger partial charge is 0.506 e. The Bertz CT molecular complexity index is 2080. The second-order valence-corrected chi connectivity index (χ2v) is 10.9. The molecule has 3 aromatic carbocycles. The van der Waals surface area contributed by atoms with E-state index in [2.05, 4.69) is 0 Å². The molecule has 1 saturated heterocycles. The van der Waals surface area contributed by atoms with Crippen LogP contribution in [-0.2, 0) is 16.0 Å². The fraction of sp³-hybridized carbons (Fsp3) is 0.233. The van der Waals surface area contributed by atoms with Crippen LogP contribution in [0.5, 0.6) is 17.2 Å². The Balaban J connectivity index is 1.50. The second kappa shape index (κ2) is 7.95. The average molecular weight is 571 g/mol. The monoisotopic (exact) mass is 571 g/mol. The number of fused-ring (bicyclic) bond motifs is 7. The molecule has 2 aliphatic heterocycles. The molecule has 1 aromatic heterocycles. The number of hydrogen-bond donors (Lipinski definition) is 3. The minimum absolute atomic E-state index is 0.0254. The van der Waals surface area contributed by atoms with Crippen LogP contribution in [0.25, 0.3) is 21.7 Å². The predicted octanol–water partition coefficient (Wildman–Crippen LogP) is 2.16. The third-order valence-corrected chi connectivity index (χ3v) is 8.44. The van der Waals surface area contributed by atoms with Gasteiger partial charge >= 0.3 is 5.97 Å². The van der Waals surface area contributed by atoms with Gasteiger partial charge in [-0.05, 0) is 49.1 Å². The van der Waals surface area contributed by atoms with Gasteiger partial charge in [0.1, 0.15) is 22.3 Å². The zero-order chi connectivity index (χ0) is 30.0. The van der Waals surface area contributed by atoms with E-state index in [1.807, 2.05) is 0 Å². The van der Waals surface area contributed by atoms with Crippen LogP contribution in [0.1, 0.15) is 61.8 Å². The number of esters is 1. The maximum atomic E-state index is 14.0. The van der Waals surface area contributed by atoms with E-state index in [9.17, 15) is 39.3 Å². The van der Waals surface area contributed by atoms with Gasteiger partial charge in [0.15, 0.2) is 28.5 Å². The first-order chi connectivity index (χ1) is 19.9. The van der Waals surface area contributed by atoms with E-state index in [1.165, 1.54) is 45.2 Å². The van der Waals surface area contributed by atoms with E-state index in [0.717, 1.165) is 4.90 Å². The number of methoxy groups -OCH3 is 1. The molecule has 1 fully saturated rings. The van der Waals surface area contributed by atoms with E-state index < -0.39 is 69.6 Å². The zero-order valence-corrected chi connectivity index (χ0v) is 22.4. The third-order valence-electron chi connectivity index (χ3n) is 8.44. The van der Waals surface area contributed by atoms with Crippen LogP contribution in [0.15, 0.2) is 39.5 Å². The lowest BCUT2D eigenvalue weighted by atomic mass is 9.80. The van der Waals surface area contributed by atoms with Crippen LogP contribution >= 0.6 is 0 Å². The van der Waals surface area contributed by atoms with Crippen molar-refractivity contribution in [3.8, 4) is 17.2 Å². The molecule has 1 amide bonds. The quantitative estimate of drug-likeness (QED) is 0.264. The number of aromatic hydroxyl groups is 2. The Morgan fingerprint density at radius 3 is 2.36 bits per heavy atom. The van der Waals surface area contributed by atoms with Crippen molar-refractivity contribution < 1.29 is 48.4 Å². The highest BCUT2D eigenvalue weighted by Gasteiger charge is 2.63. The van der Waals surface area contributed by atoms with Gasteiger partial charge in [-0.1, -0.05) is 6.07 Å². The van der Waals surface area contributed by atoms with Crippen molar-refractivity contribution in [2.45, 2.75) is 31.5 Å². The van der Waals surface area contributed by atoms with Gasteiger partial charge in [0.25, 0.3) is 5.91 Å². The summed E-state index contributed by atoms with van der Waals surface area (Å²) in [6.45, 7) is 2.13. The summed E-state index contributed by atoms with van der Waals surface area (Å²) in [7, 11) is 1.28. The van der Waals surface area contributed by atoms with Gasteiger partial charge in [-0.25, -0.2) is 4.79 Å². The molecular formula is C30H21NO11. The second-order valence-electron chi connectivity index (χ2n) is 10.9. The Labute approximate surface area is 235 Å². The van der Waals surface area contributed by atoms with Crippen LogP contribution < -0.4 is 10.2 Å². The number of benzene rings is 3. The molecule has 3 heterocycles. The summed E-state index contributed by atoms with van der Waals surface area (Å²) in [5.74, 6) is -5.18. The molecule has 7 rings (SSSR count). The molecule has 2 atom stereocenters. The van der Waals surface area contributed by atoms with E-state index in [1.54, 1.807) is 6.07 Å². The average Bonchev–Trinajstić information content (AvgIpc) is 3.15. The number of aliphatic hydroxyl groups excluding tert-OH is 1. The van der Waals surface area contributed by atoms with E-state index in [4.69, 9.17) is 13.9 Å². The van der Waals surface area contributed by atoms with Gasteiger partial charge < -0.3 is 29.2 Å². The number of phenolic OH excluding ortho intramolecular Hbond substituents is 2. The van der Waals surface area contributed by atoms with Crippen molar-refractivity contribution in [1.82, 2.24) is 4.90 Å². The molecule has 0 radical (unpaired) electrons. The molecule has 3 N–H and O–H groups in total. The SMILES string of the molecule is COc1ccc2oc3c(c(=O)c2c1O)C(=O)c1c(ccc2cc4c(c(O)c12)C(=O)N1C(C)(C4)OC(=O)C1(C)CO)C3=O. The molecule has 12 nitrogen and oxygen atoms in total. The molecule has 0 bridgehead atoms. The van der Waals surface area contributed by atoms with Gasteiger partial charge in [0, 0.05) is 22.9 Å². The summed E-state index contributed by atoms with van der Waals surface area (Å²) >= 11 is 0. The number of rotatable bonds is 2. The van der Waals surface area contributed by atoms with E-state index >= 15 is 0 Å². The molecule has 1 aliphatic carbocycles. The summed E-state index contributed by atoms with van der Waals surface area (Å²) in [5.41, 5.74) is -5.32. The smallest absolute Gasteiger partial charge is 0.336 e. The van der Waals surface area contributed by atoms with Gasteiger partial charge in [-0.15, -0.1) is 0 Å². The highest BCUT2D eigenvalue weighted by atomic mass is 16.6. The normalized spacial score (nSPS) is 22.6. The maximum absolute atomic E-state index is 14.0. The number of phenols is 2. The summed E-state index contributed by atoms with van der Waals surface area (Å²) in [6.07, 6.45) is -0.0254. The standard InChI is InChI=1S/C30H21NO11/c1-29(10-32)28(39)42-30(2)9-12-8-11-4-5-13-18(16(11)23(35)17(12)27(38)31(29)30)24(36)20-25(37)19-14(41-26(20)21(13)33)6-7-15(40-3)22(19)34/h4-8,32,34-35H,9-10H2,1-3H3. The molecule has 0 saturated carbocycles. The summed E-state index contributed by atoms with van der Waals surface area (Å²) in [5, 5.41) is 32.0. The first-order valence-corrected chi connectivity index (χ1v) is 12.8. The van der Waals surface area contributed by atoms with Gasteiger partial charge in [0.2, 0.25) is 17.0 Å². The summed E-state index contributed by atoms with van der Waals surface area (Å²) in [4.78, 5) is 68.8. The van der Waals surface area contributed by atoms with Crippen molar-refractivity contribution in [2.24, 2.45) is 0 Å². The Morgan fingerprint density at radius 2 is 1.67 bits per heavy atom. The number of amides is 1. The lowest BCUT2D eigenvalue weighted by molar-refractivity contribution is -0.151. The molecule has 0 spiro atoms. The maximum Gasteiger partial charge on any atom is 0.336 e. The van der Waals surface area contributed by atoms with Crippen LogP contribution in [-0.4, -0.2) is 68.6 Å². The minimum atomic E-state index is -1.73. The van der Waals surface area contributed by atoms with Crippen molar-refractivity contribution in [2.75, 3.05) is 13.7 Å². The van der Waals surface area contributed by atoms with Crippen LogP contribution in [0.3, 0.4) is 0 Å². The van der Waals surface area contributed by atoms with Crippen molar-refractivity contribution >= 4 is 45.2 Å². The molecule has 3 aliphatic rings. The number of carbonyl (C=O) groups excluding carboxylic acids is 4. The molecule has 12 heteroatoms. The summed E-state index contributed by atoms with van der Waals surface area (Å²) < 4.78 is 16.2. The lowest BCUT2D eigenvalue weighted by Gasteiger charge is -2.42. The number of ketones is 2. The summed E-state index contributed by atoms with van der Waals surface area (Å²) in [6, 6.07) is 7.05. The van der Waals surface area contributed by atoms with Crippen LogP contribution in [0, 0.1) is 0 Å². The number of aliphatic hydroxyl groups is 1. The van der Waals surface area contributed by atoms with Gasteiger partial charge in [-0.3, -0.25) is 24.1 Å². The highest BCUT2D eigenvalue weighted by Crippen LogP contribution is 2.48. The first kappa shape index (κ1) is 25.7. The predicted molar refractivity (Wildman–Crippen MR) is 143 cm³/mol. The number of nitrogens with zero attached hydrogens (tertiary/aromatic N) is 1.